The highest BCUT2D eigenvalue weighted by atomic mass is 32.2. The lowest BCUT2D eigenvalue weighted by molar-refractivity contribution is -0.384. The Morgan fingerprint density at radius 1 is 1.25 bits per heavy atom. The van der Waals surface area contributed by atoms with Gasteiger partial charge in [0.05, 0.1) is 4.92 Å². The summed E-state index contributed by atoms with van der Waals surface area (Å²) in [5.74, 6) is 0. The summed E-state index contributed by atoms with van der Waals surface area (Å²) in [6.07, 6.45) is 0. The maximum Gasteiger partial charge on any atom is 0.279 e. The molecule has 9 heteroatoms. The fourth-order valence-corrected chi connectivity index (χ4v) is 3.08. The molecule has 0 radical (unpaired) electrons. The van der Waals surface area contributed by atoms with Crippen molar-refractivity contribution in [3.63, 3.8) is 0 Å². The van der Waals surface area contributed by atoms with Gasteiger partial charge in [0.2, 0.25) is 0 Å². The highest BCUT2D eigenvalue weighted by molar-refractivity contribution is 7.87. The molecule has 1 fully saturated rings. The van der Waals surface area contributed by atoms with E-state index in [1.54, 1.807) is 12.1 Å². The summed E-state index contributed by atoms with van der Waals surface area (Å²) in [6.45, 7) is 2.27. The lowest BCUT2D eigenvalue weighted by atomic mass is 10.2. The van der Waals surface area contributed by atoms with Crippen molar-refractivity contribution in [3.05, 3.63) is 39.9 Å². The predicted molar refractivity (Wildman–Crippen MR) is 73.3 cm³/mol. The zero-order valence-electron chi connectivity index (χ0n) is 10.8. The van der Waals surface area contributed by atoms with E-state index in [0.717, 1.165) is 0 Å². The Balaban J connectivity index is 1.95. The van der Waals surface area contributed by atoms with Crippen molar-refractivity contribution in [3.8, 4) is 0 Å². The van der Waals surface area contributed by atoms with Crippen LogP contribution in [0.3, 0.4) is 0 Å². The second kappa shape index (κ2) is 6.27. The summed E-state index contributed by atoms with van der Waals surface area (Å²) in [6, 6.07) is 5.79. The molecule has 1 aromatic carbocycles. The first-order chi connectivity index (χ1) is 9.49. The van der Waals surface area contributed by atoms with E-state index in [2.05, 4.69) is 10.0 Å². The molecule has 0 spiro atoms. The number of nitrogens with one attached hydrogen (secondary N) is 2. The largest absolute Gasteiger partial charge is 0.314 e. The summed E-state index contributed by atoms with van der Waals surface area (Å²) in [4.78, 5) is 10.0. The Hall–Kier alpha value is -1.55. The Morgan fingerprint density at radius 2 is 1.85 bits per heavy atom. The van der Waals surface area contributed by atoms with Crippen LogP contribution in [-0.2, 0) is 16.8 Å². The standard InChI is InChI=1S/C11H16N4O4S/c16-15(17)11-3-1-10(2-4-11)9-13-20(18,19)14-7-5-12-6-8-14/h1-4,12-13H,5-9H2. The second-order valence-corrected chi connectivity index (χ2v) is 6.15. The molecule has 0 aliphatic carbocycles. The van der Waals surface area contributed by atoms with Gasteiger partial charge in [0.1, 0.15) is 0 Å². The second-order valence-electron chi connectivity index (χ2n) is 4.40. The van der Waals surface area contributed by atoms with Crippen molar-refractivity contribution in [2.45, 2.75) is 6.54 Å². The van der Waals surface area contributed by atoms with Crippen LogP contribution < -0.4 is 10.0 Å². The molecule has 1 aliphatic rings. The number of non-ortho nitro benzene ring substituents is 1. The van der Waals surface area contributed by atoms with E-state index in [0.29, 0.717) is 31.7 Å². The number of nitro benzene ring substituents is 1. The number of rotatable bonds is 5. The molecule has 1 aliphatic heterocycles. The molecule has 20 heavy (non-hydrogen) atoms. The highest BCUT2D eigenvalue weighted by Gasteiger charge is 2.23. The number of benzene rings is 1. The molecule has 0 unspecified atom stereocenters. The van der Waals surface area contributed by atoms with Crippen molar-refractivity contribution in [2.75, 3.05) is 26.2 Å². The van der Waals surface area contributed by atoms with Gasteiger partial charge in [-0.15, -0.1) is 0 Å². The molecule has 2 N–H and O–H groups in total. The van der Waals surface area contributed by atoms with Crippen LogP contribution in [0.15, 0.2) is 24.3 Å². The third-order valence-corrected chi connectivity index (χ3v) is 4.58. The summed E-state index contributed by atoms with van der Waals surface area (Å²) in [7, 11) is -3.50. The van der Waals surface area contributed by atoms with Gasteiger partial charge in [-0.1, -0.05) is 12.1 Å². The summed E-state index contributed by atoms with van der Waals surface area (Å²) in [5, 5.41) is 13.6. The summed E-state index contributed by atoms with van der Waals surface area (Å²) >= 11 is 0. The molecule has 0 aromatic heterocycles. The van der Waals surface area contributed by atoms with Crippen LogP contribution in [0.2, 0.25) is 0 Å². The van der Waals surface area contributed by atoms with Crippen molar-refractivity contribution in [1.82, 2.24) is 14.3 Å². The Labute approximate surface area is 117 Å². The molecule has 0 saturated carbocycles. The molecule has 1 aromatic rings. The van der Waals surface area contributed by atoms with E-state index >= 15 is 0 Å². The molecule has 110 valence electrons. The monoisotopic (exact) mass is 300 g/mol. The fraction of sp³-hybridized carbons (Fsp3) is 0.455. The summed E-state index contributed by atoms with van der Waals surface area (Å²) < 4.78 is 27.9. The van der Waals surface area contributed by atoms with Crippen LogP contribution in [0.1, 0.15) is 5.56 Å². The van der Waals surface area contributed by atoms with Crippen LogP contribution in [0.4, 0.5) is 5.69 Å². The average molecular weight is 300 g/mol. The van der Waals surface area contributed by atoms with Gasteiger partial charge >= 0.3 is 0 Å². The van der Waals surface area contributed by atoms with E-state index in [9.17, 15) is 18.5 Å². The van der Waals surface area contributed by atoms with Gasteiger partial charge in [-0.3, -0.25) is 10.1 Å². The third-order valence-electron chi connectivity index (χ3n) is 3.02. The molecule has 0 amide bonds. The van der Waals surface area contributed by atoms with Gasteiger partial charge in [0, 0.05) is 44.9 Å². The van der Waals surface area contributed by atoms with E-state index in [4.69, 9.17) is 0 Å². The molecule has 0 atom stereocenters. The average Bonchev–Trinajstić information content (AvgIpc) is 2.46. The Bertz CT molecular complexity index is 567. The molecular formula is C11H16N4O4S. The van der Waals surface area contributed by atoms with Gasteiger partial charge in [0.25, 0.3) is 15.9 Å². The first-order valence-corrected chi connectivity index (χ1v) is 7.62. The zero-order chi connectivity index (χ0) is 14.6. The smallest absolute Gasteiger partial charge is 0.279 e. The van der Waals surface area contributed by atoms with Crippen LogP contribution in [-0.4, -0.2) is 43.8 Å². The summed E-state index contributed by atoms with van der Waals surface area (Å²) in [5.41, 5.74) is 0.660. The van der Waals surface area contributed by atoms with Crippen LogP contribution in [0.25, 0.3) is 0 Å². The van der Waals surface area contributed by atoms with Crippen molar-refractivity contribution < 1.29 is 13.3 Å². The lowest BCUT2D eigenvalue weighted by Crippen LogP contribution is -2.50. The number of nitrogens with zero attached hydrogens (tertiary/aromatic N) is 2. The van der Waals surface area contributed by atoms with Gasteiger partial charge in [-0.05, 0) is 5.56 Å². The highest BCUT2D eigenvalue weighted by Crippen LogP contribution is 2.12. The normalized spacial score (nSPS) is 17.0. The van der Waals surface area contributed by atoms with Gasteiger partial charge in [0.15, 0.2) is 0 Å². The van der Waals surface area contributed by atoms with Crippen LogP contribution >= 0.6 is 0 Å². The predicted octanol–water partition coefficient (Wildman–Crippen LogP) is -0.166. The van der Waals surface area contributed by atoms with Gasteiger partial charge in [-0.2, -0.15) is 17.4 Å². The zero-order valence-corrected chi connectivity index (χ0v) is 11.6. The first-order valence-electron chi connectivity index (χ1n) is 6.18. The van der Waals surface area contributed by atoms with E-state index in [-0.39, 0.29) is 12.2 Å². The number of hydrogen-bond donors (Lipinski definition) is 2. The first kappa shape index (κ1) is 14.9. The van der Waals surface area contributed by atoms with Gasteiger partial charge < -0.3 is 5.32 Å². The Morgan fingerprint density at radius 3 is 2.40 bits per heavy atom. The number of nitro groups is 1. The maximum absolute atomic E-state index is 12.0. The van der Waals surface area contributed by atoms with Crippen molar-refractivity contribution in [2.24, 2.45) is 0 Å². The number of piperazine rings is 1. The molecule has 8 nitrogen and oxygen atoms in total. The molecule has 1 saturated heterocycles. The minimum atomic E-state index is -3.50. The van der Waals surface area contributed by atoms with E-state index in [1.165, 1.54) is 16.4 Å². The van der Waals surface area contributed by atoms with E-state index in [1.807, 2.05) is 0 Å². The fourth-order valence-electron chi connectivity index (χ4n) is 1.89. The van der Waals surface area contributed by atoms with E-state index < -0.39 is 15.1 Å². The maximum atomic E-state index is 12.0. The van der Waals surface area contributed by atoms with Crippen molar-refractivity contribution >= 4 is 15.9 Å². The third kappa shape index (κ3) is 3.73. The van der Waals surface area contributed by atoms with Crippen LogP contribution in [0.5, 0.6) is 0 Å². The molecule has 1 heterocycles. The molecule has 2 rings (SSSR count). The van der Waals surface area contributed by atoms with Gasteiger partial charge in [-0.25, -0.2) is 0 Å². The minimum Gasteiger partial charge on any atom is -0.314 e. The van der Waals surface area contributed by atoms with Crippen molar-refractivity contribution in [1.29, 1.82) is 0 Å². The molecular weight excluding hydrogens is 284 g/mol. The Kier molecular flexibility index (Phi) is 4.65. The topological polar surface area (TPSA) is 105 Å². The quantitative estimate of drug-likeness (QED) is 0.580. The minimum absolute atomic E-state index is 0.0151. The number of hydrogen-bond acceptors (Lipinski definition) is 5. The van der Waals surface area contributed by atoms with Crippen LogP contribution in [0, 0.1) is 10.1 Å². The SMILES string of the molecule is O=[N+]([O-])c1ccc(CNS(=O)(=O)N2CCNCC2)cc1. The molecule has 0 bridgehead atoms. The lowest BCUT2D eigenvalue weighted by Gasteiger charge is -2.26.